The lowest BCUT2D eigenvalue weighted by molar-refractivity contribution is -0.139. The summed E-state index contributed by atoms with van der Waals surface area (Å²) >= 11 is 0. The number of aromatic nitrogens is 2. The molecule has 0 spiro atoms. The Hall–Kier alpha value is -1.73. The molecule has 0 aliphatic rings. The number of urea groups is 1. The lowest BCUT2D eigenvalue weighted by Gasteiger charge is -2.24. The average molecular weight is 278 g/mol. The maximum absolute atomic E-state index is 12.3. The smallest absolute Gasteiger partial charge is 0.331 e. The van der Waals surface area contributed by atoms with E-state index in [0.717, 1.165) is 5.56 Å². The van der Waals surface area contributed by atoms with E-state index in [4.69, 9.17) is 0 Å². The van der Waals surface area contributed by atoms with Crippen molar-refractivity contribution in [3.8, 4) is 0 Å². The third-order valence-corrected chi connectivity index (χ3v) is 2.60. The van der Waals surface area contributed by atoms with Gasteiger partial charge in [-0.1, -0.05) is 0 Å². The van der Waals surface area contributed by atoms with E-state index < -0.39 is 24.8 Å². The third-order valence-electron chi connectivity index (χ3n) is 2.60. The molecule has 19 heavy (non-hydrogen) atoms. The number of nitrogens with zero attached hydrogens (tertiary/aromatic N) is 3. The molecular formula is C11H17F3N4O. The topological polar surface area (TPSA) is 50.2 Å². The van der Waals surface area contributed by atoms with Crippen LogP contribution >= 0.6 is 0 Å². The summed E-state index contributed by atoms with van der Waals surface area (Å²) in [6.07, 6.45) is -1.14. The van der Waals surface area contributed by atoms with Crippen molar-refractivity contribution >= 4 is 6.03 Å². The van der Waals surface area contributed by atoms with E-state index in [-0.39, 0.29) is 6.54 Å². The normalized spacial score (nSPS) is 13.2. The second-order valence-electron chi connectivity index (χ2n) is 4.25. The maximum atomic E-state index is 12.3. The van der Waals surface area contributed by atoms with Gasteiger partial charge in [-0.05, 0) is 13.8 Å². The number of halogens is 3. The van der Waals surface area contributed by atoms with Gasteiger partial charge in [0.2, 0.25) is 0 Å². The summed E-state index contributed by atoms with van der Waals surface area (Å²) in [5.74, 6) is 0. The van der Waals surface area contributed by atoms with Crippen LogP contribution in [-0.2, 0) is 7.05 Å². The molecule has 0 aliphatic carbocycles. The van der Waals surface area contributed by atoms with Crippen LogP contribution in [0.5, 0.6) is 0 Å². The Morgan fingerprint density at radius 3 is 2.63 bits per heavy atom. The first-order valence-electron chi connectivity index (χ1n) is 5.83. The highest BCUT2D eigenvalue weighted by Crippen LogP contribution is 2.17. The molecule has 0 aliphatic heterocycles. The van der Waals surface area contributed by atoms with Gasteiger partial charge in [-0.25, -0.2) is 4.79 Å². The Balaban J connectivity index is 2.62. The molecule has 0 saturated carbocycles. The summed E-state index contributed by atoms with van der Waals surface area (Å²) in [6, 6.07) is -1.14. The molecule has 1 aromatic rings. The van der Waals surface area contributed by atoms with Crippen LogP contribution in [0.1, 0.15) is 25.5 Å². The minimum atomic E-state index is -4.40. The minimum Gasteiger partial charge on any atom is -0.331 e. The van der Waals surface area contributed by atoms with E-state index in [1.807, 2.05) is 0 Å². The quantitative estimate of drug-likeness (QED) is 0.916. The fourth-order valence-corrected chi connectivity index (χ4v) is 1.57. The molecular weight excluding hydrogens is 261 g/mol. The zero-order valence-corrected chi connectivity index (χ0v) is 11.0. The van der Waals surface area contributed by atoms with Crippen LogP contribution in [0.25, 0.3) is 0 Å². The summed E-state index contributed by atoms with van der Waals surface area (Å²) < 4.78 is 38.4. The summed E-state index contributed by atoms with van der Waals surface area (Å²) in [7, 11) is 1.72. The largest absolute Gasteiger partial charge is 0.406 e. The SMILES string of the molecule is CCN(CC(F)(F)F)C(=O)NC(C)c1cnn(C)c1. The van der Waals surface area contributed by atoms with Crippen molar-refractivity contribution < 1.29 is 18.0 Å². The lowest BCUT2D eigenvalue weighted by atomic mass is 10.2. The van der Waals surface area contributed by atoms with Crippen molar-refractivity contribution in [2.75, 3.05) is 13.1 Å². The van der Waals surface area contributed by atoms with Gasteiger partial charge in [0.05, 0.1) is 12.2 Å². The van der Waals surface area contributed by atoms with E-state index in [1.54, 1.807) is 31.0 Å². The van der Waals surface area contributed by atoms with Gasteiger partial charge in [0.1, 0.15) is 6.54 Å². The van der Waals surface area contributed by atoms with Crippen LogP contribution in [0.4, 0.5) is 18.0 Å². The molecule has 0 fully saturated rings. The van der Waals surface area contributed by atoms with Gasteiger partial charge in [0.15, 0.2) is 0 Å². The lowest BCUT2D eigenvalue weighted by Crippen LogP contribution is -2.45. The van der Waals surface area contributed by atoms with E-state index in [1.165, 1.54) is 6.92 Å². The predicted octanol–water partition coefficient (Wildman–Crippen LogP) is 2.07. The molecule has 0 aromatic carbocycles. The number of carbonyl (C=O) groups is 1. The van der Waals surface area contributed by atoms with Crippen molar-refractivity contribution in [1.82, 2.24) is 20.0 Å². The summed E-state index contributed by atoms with van der Waals surface area (Å²) in [5, 5.41) is 6.46. The van der Waals surface area contributed by atoms with Crippen LogP contribution in [0.15, 0.2) is 12.4 Å². The molecule has 8 heteroatoms. The van der Waals surface area contributed by atoms with Gasteiger partial charge >= 0.3 is 12.2 Å². The van der Waals surface area contributed by atoms with Crippen molar-refractivity contribution in [3.63, 3.8) is 0 Å². The summed E-state index contributed by atoms with van der Waals surface area (Å²) in [4.78, 5) is 12.4. The molecule has 5 nitrogen and oxygen atoms in total. The second kappa shape index (κ2) is 5.94. The van der Waals surface area contributed by atoms with Crippen LogP contribution in [0, 0.1) is 0 Å². The molecule has 2 amide bonds. The Morgan fingerprint density at radius 2 is 2.21 bits per heavy atom. The van der Waals surface area contributed by atoms with E-state index in [0.29, 0.717) is 4.90 Å². The van der Waals surface area contributed by atoms with Crippen LogP contribution in [0.2, 0.25) is 0 Å². The molecule has 0 radical (unpaired) electrons. The van der Waals surface area contributed by atoms with Gasteiger partial charge in [0, 0.05) is 25.4 Å². The standard InChI is InChI=1S/C11H17F3N4O/c1-4-18(7-11(12,13)14)10(19)16-8(2)9-5-15-17(3)6-9/h5-6,8H,4,7H2,1-3H3,(H,16,19). The number of amides is 2. The number of carbonyl (C=O) groups excluding carboxylic acids is 1. The van der Waals surface area contributed by atoms with Gasteiger partial charge in [-0.15, -0.1) is 0 Å². The maximum Gasteiger partial charge on any atom is 0.406 e. The van der Waals surface area contributed by atoms with Gasteiger partial charge < -0.3 is 10.2 Å². The fraction of sp³-hybridized carbons (Fsp3) is 0.636. The van der Waals surface area contributed by atoms with Gasteiger partial charge in [-0.3, -0.25) is 4.68 Å². The highest BCUT2D eigenvalue weighted by atomic mass is 19.4. The van der Waals surface area contributed by atoms with Crippen molar-refractivity contribution in [1.29, 1.82) is 0 Å². The van der Waals surface area contributed by atoms with Crippen molar-refractivity contribution in [3.05, 3.63) is 18.0 Å². The number of hydrogen-bond acceptors (Lipinski definition) is 2. The summed E-state index contributed by atoms with van der Waals surface area (Å²) in [6.45, 7) is 1.93. The molecule has 1 rings (SSSR count). The van der Waals surface area contributed by atoms with E-state index in [9.17, 15) is 18.0 Å². The number of nitrogens with one attached hydrogen (secondary N) is 1. The monoisotopic (exact) mass is 278 g/mol. The zero-order valence-electron chi connectivity index (χ0n) is 11.0. The molecule has 0 bridgehead atoms. The summed E-state index contributed by atoms with van der Waals surface area (Å²) in [5.41, 5.74) is 0.735. The first kappa shape index (κ1) is 15.3. The number of aryl methyl sites for hydroxylation is 1. The zero-order chi connectivity index (χ0) is 14.6. The average Bonchev–Trinajstić information content (AvgIpc) is 2.71. The molecule has 1 heterocycles. The molecule has 1 atom stereocenters. The van der Waals surface area contributed by atoms with Crippen molar-refractivity contribution in [2.45, 2.75) is 26.1 Å². The Labute approximate surface area is 109 Å². The molecule has 0 saturated heterocycles. The molecule has 108 valence electrons. The molecule has 1 N–H and O–H groups in total. The second-order valence-corrected chi connectivity index (χ2v) is 4.25. The van der Waals surface area contributed by atoms with Gasteiger partial charge in [0.25, 0.3) is 0 Å². The molecule has 1 aromatic heterocycles. The Bertz CT molecular complexity index is 430. The fourth-order valence-electron chi connectivity index (χ4n) is 1.57. The van der Waals surface area contributed by atoms with Crippen LogP contribution in [-0.4, -0.2) is 40.0 Å². The first-order chi connectivity index (χ1) is 8.73. The van der Waals surface area contributed by atoms with Gasteiger partial charge in [-0.2, -0.15) is 18.3 Å². The van der Waals surface area contributed by atoms with Crippen LogP contribution < -0.4 is 5.32 Å². The highest BCUT2D eigenvalue weighted by Gasteiger charge is 2.32. The van der Waals surface area contributed by atoms with Crippen LogP contribution in [0.3, 0.4) is 0 Å². The highest BCUT2D eigenvalue weighted by molar-refractivity contribution is 5.74. The first-order valence-corrected chi connectivity index (χ1v) is 5.83. The van der Waals surface area contributed by atoms with E-state index in [2.05, 4.69) is 10.4 Å². The predicted molar refractivity (Wildman–Crippen MR) is 63.5 cm³/mol. The van der Waals surface area contributed by atoms with Crippen molar-refractivity contribution in [2.24, 2.45) is 7.05 Å². The minimum absolute atomic E-state index is 0.00883. The third kappa shape index (κ3) is 4.80. The Kier molecular flexibility index (Phi) is 4.79. The number of hydrogen-bond donors (Lipinski definition) is 1. The molecule has 1 unspecified atom stereocenters. The number of alkyl halides is 3. The number of rotatable bonds is 4. The Morgan fingerprint density at radius 1 is 1.58 bits per heavy atom. The van der Waals surface area contributed by atoms with E-state index >= 15 is 0 Å².